The first-order valence-electron chi connectivity index (χ1n) is 7.74. The zero-order valence-corrected chi connectivity index (χ0v) is 13.0. The van der Waals surface area contributed by atoms with Gasteiger partial charge in [0.05, 0.1) is 0 Å². The third-order valence-corrected chi connectivity index (χ3v) is 4.63. The van der Waals surface area contributed by atoms with Crippen molar-refractivity contribution in [2.45, 2.75) is 64.5 Å². The van der Waals surface area contributed by atoms with E-state index in [1.54, 1.807) is 0 Å². The highest BCUT2D eigenvalue weighted by Gasteiger charge is 2.49. The predicted molar refractivity (Wildman–Crippen MR) is 79.9 cm³/mol. The topological polar surface area (TPSA) is 58.4 Å². The highest BCUT2D eigenvalue weighted by molar-refractivity contribution is 5.86. The average molecular weight is 269 g/mol. The van der Waals surface area contributed by atoms with Gasteiger partial charge in [-0.05, 0) is 52.1 Å². The Morgan fingerprint density at radius 2 is 2.11 bits per heavy atom. The molecule has 1 amide bonds. The summed E-state index contributed by atoms with van der Waals surface area (Å²) in [4.78, 5) is 14.4. The van der Waals surface area contributed by atoms with Crippen LogP contribution in [0.5, 0.6) is 0 Å². The van der Waals surface area contributed by atoms with E-state index in [1.807, 2.05) is 7.05 Å². The van der Waals surface area contributed by atoms with Crippen molar-refractivity contribution >= 4 is 5.91 Å². The van der Waals surface area contributed by atoms with Gasteiger partial charge in [0.15, 0.2) is 0 Å². The van der Waals surface area contributed by atoms with E-state index in [1.165, 1.54) is 12.8 Å². The maximum absolute atomic E-state index is 12.0. The van der Waals surface area contributed by atoms with Crippen LogP contribution >= 0.6 is 0 Å². The Bertz CT molecular complexity index is 291. The van der Waals surface area contributed by atoms with Crippen LogP contribution in [0, 0.1) is 5.92 Å². The number of amides is 1. The standard InChI is InChI=1S/C15H31N3O/c1-5-7-10-18(12(3)6-2)11-15(17-4,14(16)19)13-8-9-13/h12-13,17H,5-11H2,1-4H3,(H2,16,19). The number of likely N-dealkylation sites (N-methyl/N-ethyl adjacent to an activating group) is 1. The van der Waals surface area contributed by atoms with Gasteiger partial charge in [0.2, 0.25) is 5.91 Å². The molecule has 2 unspecified atom stereocenters. The lowest BCUT2D eigenvalue weighted by molar-refractivity contribution is -0.126. The third kappa shape index (κ3) is 3.93. The van der Waals surface area contributed by atoms with E-state index in [-0.39, 0.29) is 5.91 Å². The summed E-state index contributed by atoms with van der Waals surface area (Å²) in [7, 11) is 1.87. The van der Waals surface area contributed by atoms with Crippen LogP contribution in [0.3, 0.4) is 0 Å². The lowest BCUT2D eigenvalue weighted by Crippen LogP contribution is -2.63. The monoisotopic (exact) mass is 269 g/mol. The number of rotatable bonds is 10. The van der Waals surface area contributed by atoms with Gasteiger partial charge in [-0.3, -0.25) is 9.69 Å². The largest absolute Gasteiger partial charge is 0.368 e. The minimum Gasteiger partial charge on any atom is -0.368 e. The quantitative estimate of drug-likeness (QED) is 0.635. The molecule has 0 heterocycles. The maximum Gasteiger partial charge on any atom is 0.239 e. The Kier molecular flexibility index (Phi) is 6.27. The number of nitrogens with two attached hydrogens (primary N) is 1. The minimum atomic E-state index is -0.531. The molecule has 1 rings (SSSR count). The first-order valence-corrected chi connectivity index (χ1v) is 7.74. The van der Waals surface area contributed by atoms with E-state index in [2.05, 4.69) is 31.0 Å². The van der Waals surface area contributed by atoms with E-state index in [9.17, 15) is 4.79 Å². The fourth-order valence-electron chi connectivity index (χ4n) is 2.79. The van der Waals surface area contributed by atoms with E-state index in [4.69, 9.17) is 5.73 Å². The Morgan fingerprint density at radius 1 is 1.47 bits per heavy atom. The van der Waals surface area contributed by atoms with Gasteiger partial charge in [-0.1, -0.05) is 20.3 Å². The summed E-state index contributed by atoms with van der Waals surface area (Å²) in [5, 5.41) is 3.25. The molecule has 2 atom stereocenters. The third-order valence-electron chi connectivity index (χ3n) is 4.63. The second-order valence-electron chi connectivity index (χ2n) is 5.94. The van der Waals surface area contributed by atoms with Gasteiger partial charge in [0.25, 0.3) is 0 Å². The van der Waals surface area contributed by atoms with Crippen LogP contribution in [0.4, 0.5) is 0 Å². The molecular weight excluding hydrogens is 238 g/mol. The van der Waals surface area contributed by atoms with Gasteiger partial charge in [-0.25, -0.2) is 0 Å². The van der Waals surface area contributed by atoms with Gasteiger partial charge in [-0.15, -0.1) is 0 Å². The molecule has 0 saturated heterocycles. The Balaban J connectivity index is 2.80. The molecule has 0 bridgehead atoms. The van der Waals surface area contributed by atoms with Crippen LogP contribution in [-0.2, 0) is 4.79 Å². The molecule has 0 aromatic rings. The van der Waals surface area contributed by atoms with Crippen molar-refractivity contribution in [1.29, 1.82) is 0 Å². The number of carbonyl (C=O) groups excluding carboxylic acids is 1. The molecule has 3 N–H and O–H groups in total. The van der Waals surface area contributed by atoms with Gasteiger partial charge in [0, 0.05) is 12.6 Å². The molecule has 1 saturated carbocycles. The SMILES string of the molecule is CCCCN(CC(NC)(C(N)=O)C1CC1)C(C)CC. The second kappa shape index (κ2) is 7.25. The fourth-order valence-corrected chi connectivity index (χ4v) is 2.79. The van der Waals surface area contributed by atoms with Crippen molar-refractivity contribution in [3.63, 3.8) is 0 Å². The molecule has 0 aliphatic heterocycles. The summed E-state index contributed by atoms with van der Waals surface area (Å²) >= 11 is 0. The normalized spacial score (nSPS) is 20.3. The first-order chi connectivity index (χ1) is 9.01. The molecule has 4 nitrogen and oxygen atoms in total. The molecule has 1 fully saturated rings. The zero-order chi connectivity index (χ0) is 14.5. The molecule has 1 aliphatic rings. The summed E-state index contributed by atoms with van der Waals surface area (Å²) in [6.45, 7) is 8.44. The van der Waals surface area contributed by atoms with Crippen molar-refractivity contribution in [2.75, 3.05) is 20.1 Å². The summed E-state index contributed by atoms with van der Waals surface area (Å²) in [5.41, 5.74) is 5.18. The van der Waals surface area contributed by atoms with Crippen molar-refractivity contribution in [3.8, 4) is 0 Å². The highest BCUT2D eigenvalue weighted by Crippen LogP contribution is 2.40. The van der Waals surface area contributed by atoms with Crippen LogP contribution in [0.2, 0.25) is 0 Å². The number of carbonyl (C=O) groups is 1. The van der Waals surface area contributed by atoms with E-state index >= 15 is 0 Å². The minimum absolute atomic E-state index is 0.192. The molecule has 4 heteroatoms. The highest BCUT2D eigenvalue weighted by atomic mass is 16.1. The average Bonchev–Trinajstić information content (AvgIpc) is 3.23. The lowest BCUT2D eigenvalue weighted by atomic mass is 9.90. The molecule has 112 valence electrons. The maximum atomic E-state index is 12.0. The summed E-state index contributed by atoms with van der Waals surface area (Å²) < 4.78 is 0. The summed E-state index contributed by atoms with van der Waals surface area (Å²) in [6.07, 6.45) is 5.69. The number of unbranched alkanes of at least 4 members (excludes halogenated alkanes) is 1. The molecule has 0 aromatic heterocycles. The fraction of sp³-hybridized carbons (Fsp3) is 0.933. The lowest BCUT2D eigenvalue weighted by Gasteiger charge is -2.39. The number of hydrogen-bond donors (Lipinski definition) is 2. The van der Waals surface area contributed by atoms with Gasteiger partial charge >= 0.3 is 0 Å². The van der Waals surface area contributed by atoms with E-state index < -0.39 is 5.54 Å². The van der Waals surface area contributed by atoms with Crippen LogP contribution in [-0.4, -0.2) is 42.5 Å². The van der Waals surface area contributed by atoms with Crippen LogP contribution in [0.1, 0.15) is 52.9 Å². The van der Waals surface area contributed by atoms with Gasteiger partial charge in [-0.2, -0.15) is 0 Å². The molecule has 0 radical (unpaired) electrons. The van der Waals surface area contributed by atoms with Crippen LogP contribution in [0.25, 0.3) is 0 Å². The van der Waals surface area contributed by atoms with Crippen LogP contribution < -0.4 is 11.1 Å². The number of primary amides is 1. The molecule has 1 aliphatic carbocycles. The van der Waals surface area contributed by atoms with E-state index in [0.717, 1.165) is 32.4 Å². The van der Waals surface area contributed by atoms with Gasteiger partial charge in [0.1, 0.15) is 5.54 Å². The summed E-state index contributed by atoms with van der Waals surface area (Å²) in [6, 6.07) is 0.498. The Morgan fingerprint density at radius 3 is 2.47 bits per heavy atom. The first kappa shape index (κ1) is 16.4. The molecule has 0 spiro atoms. The number of nitrogens with zero attached hydrogens (tertiary/aromatic N) is 1. The second-order valence-corrected chi connectivity index (χ2v) is 5.94. The number of hydrogen-bond acceptors (Lipinski definition) is 3. The van der Waals surface area contributed by atoms with Crippen molar-refractivity contribution in [2.24, 2.45) is 11.7 Å². The van der Waals surface area contributed by atoms with Crippen molar-refractivity contribution < 1.29 is 4.79 Å². The number of nitrogens with one attached hydrogen (secondary N) is 1. The Hall–Kier alpha value is -0.610. The summed E-state index contributed by atoms with van der Waals surface area (Å²) in [5.74, 6) is 0.227. The van der Waals surface area contributed by atoms with Crippen LogP contribution in [0.15, 0.2) is 0 Å². The van der Waals surface area contributed by atoms with E-state index in [0.29, 0.717) is 12.0 Å². The molecular formula is C15H31N3O. The predicted octanol–water partition coefficient (Wildman–Crippen LogP) is 1.74. The van der Waals surface area contributed by atoms with Crippen molar-refractivity contribution in [1.82, 2.24) is 10.2 Å². The molecule has 0 aromatic carbocycles. The molecule has 19 heavy (non-hydrogen) atoms. The zero-order valence-electron chi connectivity index (χ0n) is 13.0. The Labute approximate surface area is 118 Å². The van der Waals surface area contributed by atoms with Gasteiger partial charge < -0.3 is 11.1 Å². The van der Waals surface area contributed by atoms with Crippen molar-refractivity contribution in [3.05, 3.63) is 0 Å². The smallest absolute Gasteiger partial charge is 0.239 e.